The van der Waals surface area contributed by atoms with Gasteiger partial charge in [-0.3, -0.25) is 9.67 Å². The molecule has 4 heteroatoms. The van der Waals surface area contributed by atoms with Gasteiger partial charge >= 0.3 is 0 Å². The molecule has 2 heterocycles. The maximum atomic E-state index is 5.19. The van der Waals surface area contributed by atoms with Gasteiger partial charge in [0.1, 0.15) is 5.82 Å². The summed E-state index contributed by atoms with van der Waals surface area (Å²) >= 11 is 5.19. The van der Waals surface area contributed by atoms with Crippen molar-refractivity contribution in [3.63, 3.8) is 0 Å². The fraction of sp³-hybridized carbons (Fsp3) is 0.231. The molecule has 0 unspecified atom stereocenters. The van der Waals surface area contributed by atoms with Crippen molar-refractivity contribution in [2.75, 3.05) is 0 Å². The van der Waals surface area contributed by atoms with Gasteiger partial charge in [-0.2, -0.15) is 5.10 Å². The maximum Gasteiger partial charge on any atom is 0.199 e. The number of hydrogen-bond donors (Lipinski definition) is 1. The van der Waals surface area contributed by atoms with Crippen molar-refractivity contribution >= 4 is 24.5 Å². The van der Waals surface area contributed by atoms with Crippen molar-refractivity contribution < 1.29 is 0 Å². The minimum atomic E-state index is 0.650. The lowest BCUT2D eigenvalue weighted by Crippen LogP contribution is -1.98. The first kappa shape index (κ1) is 10.5. The Kier molecular flexibility index (Phi) is 2.26. The number of hydrogen-bond acceptors (Lipinski definition) is 2. The molecule has 2 aromatic rings. The highest BCUT2D eigenvalue weighted by Crippen LogP contribution is 2.23. The van der Waals surface area contributed by atoms with Gasteiger partial charge in [-0.05, 0) is 54.4 Å². The Morgan fingerprint density at radius 3 is 2.88 bits per heavy atom. The predicted molar refractivity (Wildman–Crippen MR) is 71.4 cm³/mol. The van der Waals surface area contributed by atoms with Crippen molar-refractivity contribution in [2.24, 2.45) is 0 Å². The third kappa shape index (κ3) is 1.65. The van der Waals surface area contributed by atoms with Crippen LogP contribution < -0.4 is 0 Å². The number of benzene rings is 1. The van der Waals surface area contributed by atoms with Crippen molar-refractivity contribution in [3.05, 3.63) is 45.0 Å². The molecule has 0 bridgehead atoms. The minimum Gasteiger partial charge on any atom is -0.279 e. The zero-order chi connectivity index (χ0) is 12.0. The molecule has 1 aromatic carbocycles. The number of fused-ring (bicyclic) bond motifs is 2. The molecule has 0 amide bonds. The average molecular weight is 243 g/mol. The molecule has 3 nitrogen and oxygen atoms in total. The average Bonchev–Trinajstić information content (AvgIpc) is 2.54. The first-order valence-corrected chi connectivity index (χ1v) is 6.00. The van der Waals surface area contributed by atoms with Crippen LogP contribution in [0.3, 0.4) is 0 Å². The van der Waals surface area contributed by atoms with Crippen molar-refractivity contribution in [1.29, 1.82) is 0 Å². The van der Waals surface area contributed by atoms with Gasteiger partial charge in [0.15, 0.2) is 4.77 Å². The van der Waals surface area contributed by atoms with Crippen LogP contribution in [0.5, 0.6) is 0 Å². The van der Waals surface area contributed by atoms with Gasteiger partial charge in [0, 0.05) is 12.6 Å². The number of aromatic amines is 1. The third-order valence-corrected chi connectivity index (χ3v) is 3.57. The van der Waals surface area contributed by atoms with E-state index >= 15 is 0 Å². The molecular formula is C13H13N3S. The molecule has 17 heavy (non-hydrogen) atoms. The molecule has 86 valence electrons. The fourth-order valence-corrected chi connectivity index (χ4v) is 2.36. The van der Waals surface area contributed by atoms with Crippen molar-refractivity contribution in [3.8, 4) is 0 Å². The van der Waals surface area contributed by atoms with E-state index in [4.69, 9.17) is 12.2 Å². The summed E-state index contributed by atoms with van der Waals surface area (Å²) in [7, 11) is 0. The van der Waals surface area contributed by atoms with E-state index in [1.165, 1.54) is 22.3 Å². The second-order valence-corrected chi connectivity index (χ2v) is 4.83. The standard InChI is InChI=1S/C13H13N3S/c1-8-5-10-3-4-16-12(14-15-13(16)17)7-11(10)6-9(8)2/h3-6H,7H2,1-2H3,(H,15,17). The van der Waals surface area contributed by atoms with Crippen LogP contribution in [-0.2, 0) is 6.42 Å². The van der Waals surface area contributed by atoms with Gasteiger partial charge in [-0.1, -0.05) is 12.1 Å². The molecule has 1 aliphatic rings. The van der Waals surface area contributed by atoms with E-state index in [0.717, 1.165) is 12.2 Å². The van der Waals surface area contributed by atoms with E-state index in [1.54, 1.807) is 0 Å². The Hall–Kier alpha value is -1.68. The molecule has 3 rings (SSSR count). The number of aromatic nitrogens is 3. The molecular weight excluding hydrogens is 230 g/mol. The zero-order valence-corrected chi connectivity index (χ0v) is 10.6. The molecule has 0 saturated heterocycles. The number of rotatable bonds is 0. The van der Waals surface area contributed by atoms with E-state index in [1.807, 2.05) is 10.8 Å². The van der Waals surface area contributed by atoms with Crippen LogP contribution in [0.1, 0.15) is 28.1 Å². The third-order valence-electron chi connectivity index (χ3n) is 3.28. The summed E-state index contributed by atoms with van der Waals surface area (Å²) in [6.45, 7) is 4.28. The highest BCUT2D eigenvalue weighted by atomic mass is 32.1. The van der Waals surface area contributed by atoms with E-state index in [2.05, 4.69) is 42.3 Å². The zero-order valence-electron chi connectivity index (χ0n) is 9.82. The molecule has 1 aromatic heterocycles. The second-order valence-electron chi connectivity index (χ2n) is 4.44. The molecule has 0 atom stereocenters. The summed E-state index contributed by atoms with van der Waals surface area (Å²) in [6.07, 6.45) is 4.90. The van der Waals surface area contributed by atoms with E-state index < -0.39 is 0 Å². The molecule has 0 aliphatic carbocycles. The number of nitrogens with zero attached hydrogens (tertiary/aromatic N) is 2. The normalized spacial score (nSPS) is 13.1. The maximum absolute atomic E-state index is 5.19. The Labute approximate surface area is 105 Å². The molecule has 0 fully saturated rings. The van der Waals surface area contributed by atoms with Gasteiger partial charge in [0.25, 0.3) is 0 Å². The monoisotopic (exact) mass is 243 g/mol. The smallest absolute Gasteiger partial charge is 0.199 e. The summed E-state index contributed by atoms with van der Waals surface area (Å²) in [4.78, 5) is 0. The van der Waals surface area contributed by atoms with Gasteiger partial charge in [-0.15, -0.1) is 0 Å². The first-order chi connectivity index (χ1) is 8.15. The number of H-pyrrole nitrogens is 1. The van der Waals surface area contributed by atoms with Crippen LogP contribution in [0.25, 0.3) is 12.3 Å². The van der Waals surface area contributed by atoms with Crippen LogP contribution in [0, 0.1) is 18.6 Å². The van der Waals surface area contributed by atoms with Gasteiger partial charge in [0.2, 0.25) is 0 Å². The molecule has 0 radical (unpaired) electrons. The lowest BCUT2D eigenvalue weighted by molar-refractivity contribution is 0.936. The molecule has 1 aliphatic heterocycles. The van der Waals surface area contributed by atoms with E-state index in [0.29, 0.717) is 4.77 Å². The quantitative estimate of drug-likeness (QED) is 0.616. The van der Waals surface area contributed by atoms with Crippen LogP contribution in [0.4, 0.5) is 0 Å². The Balaban J connectivity index is 2.22. The van der Waals surface area contributed by atoms with Crippen molar-refractivity contribution in [2.45, 2.75) is 20.3 Å². The lowest BCUT2D eigenvalue weighted by Gasteiger charge is -2.07. The summed E-state index contributed by atoms with van der Waals surface area (Å²) in [6, 6.07) is 4.46. The summed E-state index contributed by atoms with van der Waals surface area (Å²) in [5, 5.41) is 7.09. The van der Waals surface area contributed by atoms with Gasteiger partial charge in [0.05, 0.1) is 0 Å². The Bertz CT molecular complexity index is 676. The lowest BCUT2D eigenvalue weighted by atomic mass is 9.98. The molecule has 0 spiro atoms. The summed E-state index contributed by atoms with van der Waals surface area (Å²) in [5.41, 5.74) is 5.20. The summed E-state index contributed by atoms with van der Waals surface area (Å²) in [5.74, 6) is 0.966. The molecule has 0 saturated carbocycles. The van der Waals surface area contributed by atoms with Crippen LogP contribution in [-0.4, -0.2) is 14.8 Å². The minimum absolute atomic E-state index is 0.650. The highest BCUT2D eigenvalue weighted by molar-refractivity contribution is 7.71. The van der Waals surface area contributed by atoms with Crippen LogP contribution >= 0.6 is 12.2 Å². The highest BCUT2D eigenvalue weighted by Gasteiger charge is 2.12. The second kappa shape index (κ2) is 3.67. The topological polar surface area (TPSA) is 33.6 Å². The van der Waals surface area contributed by atoms with Gasteiger partial charge in [-0.25, -0.2) is 0 Å². The summed E-state index contributed by atoms with van der Waals surface area (Å²) < 4.78 is 2.58. The largest absolute Gasteiger partial charge is 0.279 e. The van der Waals surface area contributed by atoms with E-state index in [9.17, 15) is 0 Å². The number of nitrogens with one attached hydrogen (secondary N) is 1. The van der Waals surface area contributed by atoms with Crippen LogP contribution in [0.15, 0.2) is 12.1 Å². The van der Waals surface area contributed by atoms with Crippen LogP contribution in [0.2, 0.25) is 0 Å². The first-order valence-electron chi connectivity index (χ1n) is 5.59. The Morgan fingerprint density at radius 2 is 2.06 bits per heavy atom. The van der Waals surface area contributed by atoms with Gasteiger partial charge < -0.3 is 0 Å². The molecule has 1 N–H and O–H groups in total. The SMILES string of the molecule is Cc1cc2c(cc1C)Cc1n[nH]c(=S)n1C=C2. The predicted octanol–water partition coefficient (Wildman–Crippen LogP) is 3.09. The number of aryl methyl sites for hydroxylation is 2. The fourth-order valence-electron chi connectivity index (χ4n) is 2.15. The van der Waals surface area contributed by atoms with E-state index in [-0.39, 0.29) is 0 Å². The Morgan fingerprint density at radius 1 is 1.29 bits per heavy atom. The van der Waals surface area contributed by atoms with Crippen molar-refractivity contribution in [1.82, 2.24) is 14.8 Å².